The zero-order chi connectivity index (χ0) is 17.1. The molecule has 120 valence electrons. The Kier molecular flexibility index (Phi) is 7.81. The van der Waals surface area contributed by atoms with Crippen LogP contribution in [0.5, 0.6) is 11.5 Å². The summed E-state index contributed by atoms with van der Waals surface area (Å²) < 4.78 is 10.8. The van der Waals surface area contributed by atoms with Gasteiger partial charge in [-0.3, -0.25) is 4.79 Å². The van der Waals surface area contributed by atoms with E-state index >= 15 is 0 Å². The summed E-state index contributed by atoms with van der Waals surface area (Å²) in [5.41, 5.74) is 2.06. The molecule has 2 aromatic carbocycles. The summed E-state index contributed by atoms with van der Waals surface area (Å²) in [6.45, 7) is 0.485. The molecule has 23 heavy (non-hydrogen) atoms. The highest BCUT2D eigenvalue weighted by Gasteiger charge is 2.01. The van der Waals surface area contributed by atoms with Crippen LogP contribution in [-0.4, -0.2) is 18.2 Å². The lowest BCUT2D eigenvalue weighted by Crippen LogP contribution is -1.98. The van der Waals surface area contributed by atoms with Gasteiger partial charge < -0.3 is 14.6 Å². The zero-order valence-electron chi connectivity index (χ0n) is 13.1. The maximum absolute atomic E-state index is 10.5. The predicted octanol–water partition coefficient (Wildman–Crippen LogP) is 3.54. The SMILES string of the molecule is C#C.COc1ccc(COc2ccc(CCC(=O)O)cc2)cc1. The Labute approximate surface area is 136 Å². The lowest BCUT2D eigenvalue weighted by Gasteiger charge is -2.08. The first-order valence-corrected chi connectivity index (χ1v) is 7.07. The van der Waals surface area contributed by atoms with Gasteiger partial charge in [0.2, 0.25) is 0 Å². The number of aliphatic carboxylic acids is 1. The number of hydrogen-bond acceptors (Lipinski definition) is 3. The van der Waals surface area contributed by atoms with E-state index in [0.29, 0.717) is 13.0 Å². The number of carboxylic acids is 1. The largest absolute Gasteiger partial charge is 0.497 e. The Morgan fingerprint density at radius 2 is 1.48 bits per heavy atom. The highest BCUT2D eigenvalue weighted by Crippen LogP contribution is 2.17. The van der Waals surface area contributed by atoms with Crippen LogP contribution in [0.25, 0.3) is 0 Å². The van der Waals surface area contributed by atoms with Crippen molar-refractivity contribution in [2.24, 2.45) is 0 Å². The summed E-state index contributed by atoms with van der Waals surface area (Å²) in [5, 5.41) is 8.64. The second-order valence-electron chi connectivity index (χ2n) is 4.67. The van der Waals surface area contributed by atoms with E-state index in [1.807, 2.05) is 48.5 Å². The van der Waals surface area contributed by atoms with Crippen LogP contribution in [0.3, 0.4) is 0 Å². The van der Waals surface area contributed by atoms with Crippen molar-refractivity contribution in [2.45, 2.75) is 19.4 Å². The molecule has 0 saturated carbocycles. The topological polar surface area (TPSA) is 55.8 Å². The van der Waals surface area contributed by atoms with Crippen molar-refractivity contribution in [3.05, 3.63) is 59.7 Å². The van der Waals surface area contributed by atoms with Crippen LogP contribution in [0.1, 0.15) is 17.5 Å². The molecule has 0 saturated heterocycles. The standard InChI is InChI=1S/C17H18O4.C2H2/c1-20-15-7-4-14(5-8-15)12-21-16-9-2-13(3-10-16)6-11-17(18)19;1-2/h2-5,7-10H,6,11-12H2,1H3,(H,18,19);1-2H. The van der Waals surface area contributed by atoms with Crippen molar-refractivity contribution in [1.29, 1.82) is 0 Å². The fraction of sp³-hybridized carbons (Fsp3) is 0.211. The molecule has 0 aliphatic rings. The van der Waals surface area contributed by atoms with Gasteiger partial charge in [0, 0.05) is 6.42 Å². The van der Waals surface area contributed by atoms with E-state index in [2.05, 4.69) is 12.8 Å². The van der Waals surface area contributed by atoms with E-state index in [1.54, 1.807) is 7.11 Å². The molecular formula is C19H20O4. The van der Waals surface area contributed by atoms with Crippen LogP contribution < -0.4 is 9.47 Å². The third kappa shape index (κ3) is 6.58. The Hall–Kier alpha value is -2.93. The van der Waals surface area contributed by atoms with Crippen LogP contribution in [-0.2, 0) is 17.8 Å². The Bertz CT molecular complexity index is 612. The fourth-order valence-electron chi connectivity index (χ4n) is 1.89. The molecular weight excluding hydrogens is 292 g/mol. The number of methoxy groups -OCH3 is 1. The molecule has 0 amide bonds. The smallest absolute Gasteiger partial charge is 0.303 e. The third-order valence-electron chi connectivity index (χ3n) is 3.12. The predicted molar refractivity (Wildman–Crippen MR) is 89.6 cm³/mol. The lowest BCUT2D eigenvalue weighted by atomic mass is 10.1. The first-order valence-electron chi connectivity index (χ1n) is 7.07. The van der Waals surface area contributed by atoms with Crippen molar-refractivity contribution in [3.63, 3.8) is 0 Å². The first kappa shape index (κ1) is 18.1. The molecule has 0 heterocycles. The highest BCUT2D eigenvalue weighted by atomic mass is 16.5. The minimum Gasteiger partial charge on any atom is -0.497 e. The normalized spacial score (nSPS) is 9.35. The van der Waals surface area contributed by atoms with Crippen molar-refractivity contribution in [1.82, 2.24) is 0 Å². The highest BCUT2D eigenvalue weighted by molar-refractivity contribution is 5.67. The van der Waals surface area contributed by atoms with Gasteiger partial charge in [-0.1, -0.05) is 24.3 Å². The molecule has 0 radical (unpaired) electrons. The quantitative estimate of drug-likeness (QED) is 0.795. The molecule has 0 aliphatic carbocycles. The van der Waals surface area contributed by atoms with Gasteiger partial charge in [0.05, 0.1) is 7.11 Å². The minimum atomic E-state index is -0.783. The van der Waals surface area contributed by atoms with Gasteiger partial charge in [-0.05, 0) is 41.8 Å². The summed E-state index contributed by atoms with van der Waals surface area (Å²) in [4.78, 5) is 10.5. The van der Waals surface area contributed by atoms with Gasteiger partial charge in [0.25, 0.3) is 0 Å². The zero-order valence-corrected chi connectivity index (χ0v) is 13.1. The summed E-state index contributed by atoms with van der Waals surface area (Å²) in [7, 11) is 1.64. The molecule has 0 unspecified atom stereocenters. The Morgan fingerprint density at radius 1 is 0.957 bits per heavy atom. The number of carbonyl (C=O) groups is 1. The maximum atomic E-state index is 10.5. The van der Waals surface area contributed by atoms with Crippen LogP contribution >= 0.6 is 0 Å². The molecule has 4 nitrogen and oxygen atoms in total. The monoisotopic (exact) mass is 312 g/mol. The molecule has 0 fully saturated rings. The number of terminal acetylenes is 1. The number of benzene rings is 2. The average molecular weight is 312 g/mol. The van der Waals surface area contributed by atoms with Crippen LogP contribution in [0.2, 0.25) is 0 Å². The first-order chi connectivity index (χ1) is 11.2. The summed E-state index contributed by atoms with van der Waals surface area (Å²) in [5.74, 6) is 0.807. The molecule has 1 N–H and O–H groups in total. The number of rotatable bonds is 7. The number of carboxylic acid groups (broad SMARTS) is 1. The average Bonchev–Trinajstić information content (AvgIpc) is 2.61. The molecule has 2 rings (SSSR count). The molecule has 0 aliphatic heterocycles. The number of ether oxygens (including phenoxy) is 2. The Morgan fingerprint density at radius 3 is 2.00 bits per heavy atom. The van der Waals surface area contributed by atoms with E-state index in [9.17, 15) is 4.79 Å². The van der Waals surface area contributed by atoms with E-state index in [0.717, 1.165) is 22.6 Å². The van der Waals surface area contributed by atoms with E-state index in [4.69, 9.17) is 14.6 Å². The van der Waals surface area contributed by atoms with Crippen molar-refractivity contribution in [3.8, 4) is 24.3 Å². The summed E-state index contributed by atoms with van der Waals surface area (Å²) in [6, 6.07) is 15.2. The maximum Gasteiger partial charge on any atom is 0.303 e. The van der Waals surface area contributed by atoms with Crippen LogP contribution in [0, 0.1) is 12.8 Å². The van der Waals surface area contributed by atoms with Crippen LogP contribution in [0.4, 0.5) is 0 Å². The van der Waals surface area contributed by atoms with Gasteiger partial charge in [-0.25, -0.2) is 0 Å². The summed E-state index contributed by atoms with van der Waals surface area (Å²) >= 11 is 0. The Balaban J connectivity index is 0.00000127. The second kappa shape index (κ2) is 9.91. The number of hydrogen-bond donors (Lipinski definition) is 1. The van der Waals surface area contributed by atoms with Gasteiger partial charge in [0.15, 0.2) is 0 Å². The molecule has 0 bridgehead atoms. The third-order valence-corrected chi connectivity index (χ3v) is 3.12. The summed E-state index contributed by atoms with van der Waals surface area (Å²) in [6.07, 6.45) is 8.68. The van der Waals surface area contributed by atoms with Crippen molar-refractivity contribution in [2.75, 3.05) is 7.11 Å². The van der Waals surface area contributed by atoms with Gasteiger partial charge in [-0.15, -0.1) is 12.8 Å². The minimum absolute atomic E-state index is 0.145. The van der Waals surface area contributed by atoms with Gasteiger partial charge in [0.1, 0.15) is 18.1 Å². The second-order valence-corrected chi connectivity index (χ2v) is 4.67. The van der Waals surface area contributed by atoms with Gasteiger partial charge in [-0.2, -0.15) is 0 Å². The van der Waals surface area contributed by atoms with Crippen molar-refractivity contribution >= 4 is 5.97 Å². The van der Waals surface area contributed by atoms with Crippen molar-refractivity contribution < 1.29 is 19.4 Å². The molecule has 0 atom stereocenters. The van der Waals surface area contributed by atoms with E-state index < -0.39 is 5.97 Å². The number of aryl methyl sites for hydroxylation is 1. The molecule has 0 spiro atoms. The molecule has 2 aromatic rings. The van der Waals surface area contributed by atoms with Crippen LogP contribution in [0.15, 0.2) is 48.5 Å². The van der Waals surface area contributed by atoms with E-state index in [-0.39, 0.29) is 6.42 Å². The van der Waals surface area contributed by atoms with Gasteiger partial charge >= 0.3 is 5.97 Å². The molecule has 0 aromatic heterocycles. The lowest BCUT2D eigenvalue weighted by molar-refractivity contribution is -0.136. The fourth-order valence-corrected chi connectivity index (χ4v) is 1.89. The molecule has 4 heteroatoms. The van der Waals surface area contributed by atoms with E-state index in [1.165, 1.54) is 0 Å².